The molecule has 2 aromatic carbocycles. The van der Waals surface area contributed by atoms with Gasteiger partial charge in [0.25, 0.3) is 5.91 Å². The maximum Gasteiger partial charge on any atom is 0.251 e. The third kappa shape index (κ3) is 3.85. The molecule has 0 unspecified atom stereocenters. The van der Waals surface area contributed by atoms with Crippen LogP contribution < -0.4 is 10.2 Å². The number of benzene rings is 2. The number of hydrogen-bond acceptors (Lipinski definition) is 2. The van der Waals surface area contributed by atoms with Crippen LogP contribution in [0.25, 0.3) is 0 Å². The summed E-state index contributed by atoms with van der Waals surface area (Å²) < 4.78 is 0. The summed E-state index contributed by atoms with van der Waals surface area (Å²) in [4.78, 5) is 14.1. The molecule has 20 heavy (non-hydrogen) atoms. The van der Waals surface area contributed by atoms with Crippen molar-refractivity contribution in [2.75, 3.05) is 25.0 Å². The summed E-state index contributed by atoms with van der Waals surface area (Å²) in [6.45, 7) is 3.41. The predicted molar refractivity (Wildman–Crippen MR) is 83.2 cm³/mol. The number of nitrogens with one attached hydrogen (secondary N) is 1. The highest BCUT2D eigenvalue weighted by atomic mass is 16.1. The number of aryl methyl sites for hydroxylation is 1. The maximum absolute atomic E-state index is 11.9. The molecule has 0 saturated carbocycles. The van der Waals surface area contributed by atoms with E-state index in [0.717, 1.165) is 17.8 Å². The second kappa shape index (κ2) is 6.75. The Morgan fingerprint density at radius 2 is 1.70 bits per heavy atom. The predicted octanol–water partition coefficient (Wildman–Crippen LogP) is 2.86. The maximum atomic E-state index is 11.9. The Labute approximate surface area is 120 Å². The van der Waals surface area contributed by atoms with Gasteiger partial charge in [-0.05, 0) is 31.2 Å². The van der Waals surface area contributed by atoms with Crippen molar-refractivity contribution in [3.63, 3.8) is 0 Å². The van der Waals surface area contributed by atoms with E-state index in [1.807, 2.05) is 56.4 Å². The quantitative estimate of drug-likeness (QED) is 0.904. The topological polar surface area (TPSA) is 32.3 Å². The molecule has 0 fully saturated rings. The molecule has 104 valence electrons. The van der Waals surface area contributed by atoms with E-state index in [1.54, 1.807) is 0 Å². The summed E-state index contributed by atoms with van der Waals surface area (Å²) in [5, 5.41) is 2.94. The van der Waals surface area contributed by atoms with Gasteiger partial charge in [0.15, 0.2) is 0 Å². The Bertz CT molecular complexity index is 549. The molecule has 0 atom stereocenters. The lowest BCUT2D eigenvalue weighted by Gasteiger charge is -2.19. The first-order valence-corrected chi connectivity index (χ1v) is 6.78. The zero-order valence-corrected chi connectivity index (χ0v) is 12.0. The number of carbonyl (C=O) groups excluding carboxylic acids is 1. The first-order valence-electron chi connectivity index (χ1n) is 6.78. The van der Waals surface area contributed by atoms with Crippen LogP contribution >= 0.6 is 0 Å². The third-order valence-electron chi connectivity index (χ3n) is 3.24. The highest BCUT2D eigenvalue weighted by molar-refractivity contribution is 5.94. The second-order valence-corrected chi connectivity index (χ2v) is 4.88. The summed E-state index contributed by atoms with van der Waals surface area (Å²) in [6, 6.07) is 17.7. The van der Waals surface area contributed by atoms with Gasteiger partial charge < -0.3 is 10.2 Å². The van der Waals surface area contributed by atoms with Gasteiger partial charge in [-0.3, -0.25) is 4.79 Å². The molecule has 2 aromatic rings. The molecule has 0 aliphatic rings. The van der Waals surface area contributed by atoms with Crippen molar-refractivity contribution in [2.45, 2.75) is 6.92 Å². The number of anilines is 1. The molecule has 0 aliphatic heterocycles. The molecule has 0 aliphatic carbocycles. The smallest absolute Gasteiger partial charge is 0.251 e. The van der Waals surface area contributed by atoms with Gasteiger partial charge in [-0.2, -0.15) is 0 Å². The zero-order valence-electron chi connectivity index (χ0n) is 12.0. The Balaban J connectivity index is 1.81. The highest BCUT2D eigenvalue weighted by Gasteiger charge is 2.05. The van der Waals surface area contributed by atoms with Crippen LogP contribution in [0.15, 0.2) is 54.6 Å². The molecule has 0 bridgehead atoms. The highest BCUT2D eigenvalue weighted by Crippen LogP contribution is 2.09. The van der Waals surface area contributed by atoms with Gasteiger partial charge in [0, 0.05) is 31.4 Å². The van der Waals surface area contributed by atoms with Crippen LogP contribution in [0.5, 0.6) is 0 Å². The number of amides is 1. The number of hydrogen-bond donors (Lipinski definition) is 1. The average molecular weight is 268 g/mol. The minimum Gasteiger partial charge on any atom is -0.373 e. The Morgan fingerprint density at radius 1 is 1.05 bits per heavy atom. The molecule has 1 N–H and O–H groups in total. The minimum absolute atomic E-state index is 0.0218. The number of para-hydroxylation sites is 1. The van der Waals surface area contributed by atoms with Gasteiger partial charge >= 0.3 is 0 Å². The molecule has 3 nitrogen and oxygen atoms in total. The van der Waals surface area contributed by atoms with Gasteiger partial charge in [0.05, 0.1) is 0 Å². The van der Waals surface area contributed by atoms with E-state index in [2.05, 4.69) is 22.3 Å². The molecule has 1 amide bonds. The fourth-order valence-corrected chi connectivity index (χ4v) is 1.96. The standard InChI is InChI=1S/C17H20N2O/c1-14-8-10-15(11-9-14)17(20)18-12-13-19(2)16-6-4-3-5-7-16/h3-11H,12-13H2,1-2H3,(H,18,20). The third-order valence-corrected chi connectivity index (χ3v) is 3.24. The molecule has 0 aromatic heterocycles. The summed E-state index contributed by atoms with van der Waals surface area (Å²) in [5.74, 6) is -0.0218. The lowest BCUT2D eigenvalue weighted by Crippen LogP contribution is -2.32. The van der Waals surface area contributed by atoms with Crippen molar-refractivity contribution in [3.8, 4) is 0 Å². The first kappa shape index (κ1) is 14.1. The fourth-order valence-electron chi connectivity index (χ4n) is 1.96. The van der Waals surface area contributed by atoms with Crippen molar-refractivity contribution in [3.05, 3.63) is 65.7 Å². The van der Waals surface area contributed by atoms with E-state index in [1.165, 1.54) is 0 Å². The summed E-state index contributed by atoms with van der Waals surface area (Å²) in [5.41, 5.74) is 3.01. The average Bonchev–Trinajstić information content (AvgIpc) is 2.48. The molecular weight excluding hydrogens is 248 g/mol. The largest absolute Gasteiger partial charge is 0.373 e. The molecule has 0 saturated heterocycles. The van der Waals surface area contributed by atoms with Gasteiger partial charge in [0.2, 0.25) is 0 Å². The zero-order chi connectivity index (χ0) is 14.4. The van der Waals surface area contributed by atoms with E-state index in [0.29, 0.717) is 12.1 Å². The fraction of sp³-hybridized carbons (Fsp3) is 0.235. The Kier molecular flexibility index (Phi) is 4.77. The molecule has 3 heteroatoms. The molecule has 0 radical (unpaired) electrons. The molecule has 0 spiro atoms. The lowest BCUT2D eigenvalue weighted by molar-refractivity contribution is 0.0955. The Hall–Kier alpha value is -2.29. The number of likely N-dealkylation sites (N-methyl/N-ethyl adjacent to an activating group) is 1. The van der Waals surface area contributed by atoms with Crippen LogP contribution in [-0.2, 0) is 0 Å². The van der Waals surface area contributed by atoms with Crippen LogP contribution in [0.2, 0.25) is 0 Å². The lowest BCUT2D eigenvalue weighted by atomic mass is 10.1. The van der Waals surface area contributed by atoms with Crippen LogP contribution in [0.3, 0.4) is 0 Å². The van der Waals surface area contributed by atoms with Crippen molar-refractivity contribution < 1.29 is 4.79 Å². The van der Waals surface area contributed by atoms with E-state index in [4.69, 9.17) is 0 Å². The van der Waals surface area contributed by atoms with E-state index in [9.17, 15) is 4.79 Å². The number of carbonyl (C=O) groups is 1. The SMILES string of the molecule is Cc1ccc(C(=O)NCCN(C)c2ccccc2)cc1. The van der Waals surface area contributed by atoms with E-state index >= 15 is 0 Å². The molecule has 0 heterocycles. The van der Waals surface area contributed by atoms with Crippen molar-refractivity contribution >= 4 is 11.6 Å². The van der Waals surface area contributed by atoms with E-state index < -0.39 is 0 Å². The monoisotopic (exact) mass is 268 g/mol. The first-order chi connectivity index (χ1) is 9.66. The van der Waals surface area contributed by atoms with Crippen molar-refractivity contribution in [1.82, 2.24) is 5.32 Å². The van der Waals surface area contributed by atoms with Crippen LogP contribution in [0.4, 0.5) is 5.69 Å². The van der Waals surface area contributed by atoms with Gasteiger partial charge in [-0.15, -0.1) is 0 Å². The van der Waals surface area contributed by atoms with Gasteiger partial charge in [-0.25, -0.2) is 0 Å². The number of nitrogens with zero attached hydrogens (tertiary/aromatic N) is 1. The second-order valence-electron chi connectivity index (χ2n) is 4.88. The molecule has 2 rings (SSSR count). The molecular formula is C17H20N2O. The summed E-state index contributed by atoms with van der Waals surface area (Å²) in [7, 11) is 2.02. The summed E-state index contributed by atoms with van der Waals surface area (Å²) >= 11 is 0. The van der Waals surface area contributed by atoms with Gasteiger partial charge in [-0.1, -0.05) is 35.9 Å². The summed E-state index contributed by atoms with van der Waals surface area (Å²) in [6.07, 6.45) is 0. The van der Waals surface area contributed by atoms with Crippen LogP contribution in [-0.4, -0.2) is 26.0 Å². The normalized spacial score (nSPS) is 10.1. The van der Waals surface area contributed by atoms with Crippen molar-refractivity contribution in [2.24, 2.45) is 0 Å². The van der Waals surface area contributed by atoms with Gasteiger partial charge in [0.1, 0.15) is 0 Å². The van der Waals surface area contributed by atoms with Crippen LogP contribution in [0, 0.1) is 6.92 Å². The Morgan fingerprint density at radius 3 is 2.35 bits per heavy atom. The van der Waals surface area contributed by atoms with Crippen LogP contribution in [0.1, 0.15) is 15.9 Å². The van der Waals surface area contributed by atoms with Crippen molar-refractivity contribution in [1.29, 1.82) is 0 Å². The number of rotatable bonds is 5. The van der Waals surface area contributed by atoms with E-state index in [-0.39, 0.29) is 5.91 Å². The minimum atomic E-state index is -0.0218.